The van der Waals surface area contributed by atoms with Crippen molar-refractivity contribution in [3.63, 3.8) is 0 Å². The zero-order valence-electron chi connectivity index (χ0n) is 20.5. The summed E-state index contributed by atoms with van der Waals surface area (Å²) >= 11 is 0. The molecule has 0 aliphatic rings. The second kappa shape index (κ2) is 11.5. The van der Waals surface area contributed by atoms with E-state index >= 15 is 0 Å². The Hall–Kier alpha value is -4.25. The van der Waals surface area contributed by atoms with E-state index in [1.807, 2.05) is 79.7 Å². The van der Waals surface area contributed by atoms with Crippen molar-refractivity contribution in [1.29, 1.82) is 0 Å². The Kier molecular flexibility index (Phi) is 7.91. The standard InChI is InChI=1S/C31H29FN2O2/c1-23-9-6-7-14-29(23)31(36)34(22-26-12-8-13-27(32)19-26)28-17-15-24(16-18-28)20-30(35)33(2)21-25-10-4-3-5-11-25/h3-19H,20-22H2,1-2H3. The first-order valence-electron chi connectivity index (χ1n) is 11.9. The number of carbonyl (C=O) groups is 2. The Morgan fingerprint density at radius 2 is 1.39 bits per heavy atom. The second-order valence-corrected chi connectivity index (χ2v) is 8.91. The molecule has 5 heteroatoms. The fourth-order valence-electron chi connectivity index (χ4n) is 4.11. The number of hydrogen-bond acceptors (Lipinski definition) is 2. The minimum atomic E-state index is -0.343. The summed E-state index contributed by atoms with van der Waals surface area (Å²) in [5, 5.41) is 0. The molecule has 0 aliphatic carbocycles. The highest BCUT2D eigenvalue weighted by atomic mass is 19.1. The van der Waals surface area contributed by atoms with E-state index in [1.165, 1.54) is 12.1 Å². The molecule has 4 nitrogen and oxygen atoms in total. The first kappa shape index (κ1) is 24.9. The van der Waals surface area contributed by atoms with Crippen LogP contribution in [-0.2, 0) is 24.3 Å². The van der Waals surface area contributed by atoms with Gasteiger partial charge in [0.15, 0.2) is 0 Å². The maximum absolute atomic E-state index is 13.8. The van der Waals surface area contributed by atoms with Crippen molar-refractivity contribution in [3.8, 4) is 0 Å². The molecule has 0 spiro atoms. The number of rotatable bonds is 8. The molecule has 0 atom stereocenters. The van der Waals surface area contributed by atoms with E-state index in [9.17, 15) is 14.0 Å². The third-order valence-corrected chi connectivity index (χ3v) is 6.14. The SMILES string of the molecule is Cc1ccccc1C(=O)N(Cc1cccc(F)c1)c1ccc(CC(=O)N(C)Cc2ccccc2)cc1. The molecule has 0 saturated heterocycles. The van der Waals surface area contributed by atoms with Crippen LogP contribution in [0.5, 0.6) is 0 Å². The van der Waals surface area contributed by atoms with E-state index in [0.29, 0.717) is 23.4 Å². The van der Waals surface area contributed by atoms with Crippen LogP contribution in [0, 0.1) is 12.7 Å². The van der Waals surface area contributed by atoms with Gasteiger partial charge in [-0.1, -0.05) is 72.8 Å². The van der Waals surface area contributed by atoms with Crippen LogP contribution >= 0.6 is 0 Å². The molecule has 0 aliphatic heterocycles. The molecule has 2 amide bonds. The van der Waals surface area contributed by atoms with Crippen molar-refractivity contribution in [1.82, 2.24) is 4.90 Å². The number of likely N-dealkylation sites (N-methyl/N-ethyl adjacent to an activating group) is 1. The van der Waals surface area contributed by atoms with Gasteiger partial charge in [0, 0.05) is 24.8 Å². The van der Waals surface area contributed by atoms with Gasteiger partial charge in [-0.3, -0.25) is 9.59 Å². The summed E-state index contributed by atoms with van der Waals surface area (Å²) in [7, 11) is 1.80. The summed E-state index contributed by atoms with van der Waals surface area (Å²) in [5.74, 6) is -0.493. The fraction of sp³-hybridized carbons (Fsp3) is 0.161. The number of aryl methyl sites for hydroxylation is 1. The molecule has 0 aromatic heterocycles. The molecular weight excluding hydrogens is 451 g/mol. The molecule has 4 aromatic rings. The number of nitrogens with zero attached hydrogens (tertiary/aromatic N) is 2. The highest BCUT2D eigenvalue weighted by molar-refractivity contribution is 6.07. The summed E-state index contributed by atoms with van der Waals surface area (Å²) in [6.45, 7) is 2.67. The van der Waals surface area contributed by atoms with Gasteiger partial charge >= 0.3 is 0 Å². The van der Waals surface area contributed by atoms with Crippen molar-refractivity contribution < 1.29 is 14.0 Å². The molecule has 0 saturated carbocycles. The first-order chi connectivity index (χ1) is 17.4. The van der Waals surface area contributed by atoms with Gasteiger partial charge in [-0.05, 0) is 59.5 Å². The summed E-state index contributed by atoms with van der Waals surface area (Å²) in [4.78, 5) is 29.7. The van der Waals surface area contributed by atoms with Gasteiger partial charge in [0.1, 0.15) is 5.82 Å². The second-order valence-electron chi connectivity index (χ2n) is 8.91. The lowest BCUT2D eigenvalue weighted by Gasteiger charge is -2.24. The van der Waals surface area contributed by atoms with Crippen molar-refractivity contribution in [3.05, 3.63) is 137 Å². The Morgan fingerprint density at radius 1 is 0.722 bits per heavy atom. The van der Waals surface area contributed by atoms with Gasteiger partial charge < -0.3 is 9.80 Å². The molecule has 0 bridgehead atoms. The molecule has 4 rings (SSSR count). The topological polar surface area (TPSA) is 40.6 Å². The third kappa shape index (κ3) is 6.25. The lowest BCUT2D eigenvalue weighted by Crippen LogP contribution is -2.31. The molecule has 0 N–H and O–H groups in total. The molecule has 36 heavy (non-hydrogen) atoms. The van der Waals surface area contributed by atoms with E-state index in [4.69, 9.17) is 0 Å². The van der Waals surface area contributed by atoms with Crippen molar-refractivity contribution in [2.24, 2.45) is 0 Å². The normalized spacial score (nSPS) is 10.6. The van der Waals surface area contributed by atoms with Crippen LogP contribution in [0.1, 0.15) is 32.6 Å². The minimum absolute atomic E-state index is 0.0132. The Morgan fingerprint density at radius 3 is 2.08 bits per heavy atom. The molecule has 0 unspecified atom stereocenters. The smallest absolute Gasteiger partial charge is 0.258 e. The predicted molar refractivity (Wildman–Crippen MR) is 141 cm³/mol. The van der Waals surface area contributed by atoms with Crippen LogP contribution in [0.25, 0.3) is 0 Å². The van der Waals surface area contributed by atoms with Crippen LogP contribution in [0.2, 0.25) is 0 Å². The van der Waals surface area contributed by atoms with Gasteiger partial charge in [-0.2, -0.15) is 0 Å². The summed E-state index contributed by atoms with van der Waals surface area (Å²) in [5.41, 5.74) is 4.77. The highest BCUT2D eigenvalue weighted by Gasteiger charge is 2.20. The van der Waals surface area contributed by atoms with Gasteiger partial charge in [0.25, 0.3) is 5.91 Å². The van der Waals surface area contributed by atoms with Crippen molar-refractivity contribution in [2.75, 3.05) is 11.9 Å². The first-order valence-corrected chi connectivity index (χ1v) is 11.9. The van der Waals surface area contributed by atoms with Gasteiger partial charge in [0.2, 0.25) is 5.91 Å². The molecular formula is C31H29FN2O2. The molecule has 182 valence electrons. The average molecular weight is 481 g/mol. The number of carbonyl (C=O) groups excluding carboxylic acids is 2. The van der Waals surface area contributed by atoms with E-state index < -0.39 is 0 Å². The summed E-state index contributed by atoms with van der Waals surface area (Å²) in [6, 6.07) is 31.0. The van der Waals surface area contributed by atoms with E-state index in [2.05, 4.69) is 0 Å². The van der Waals surface area contributed by atoms with Crippen molar-refractivity contribution in [2.45, 2.75) is 26.4 Å². The number of amides is 2. The van der Waals surface area contributed by atoms with Crippen LogP contribution < -0.4 is 4.90 Å². The summed E-state index contributed by atoms with van der Waals surface area (Å²) in [6.07, 6.45) is 0.263. The van der Waals surface area contributed by atoms with E-state index in [0.717, 1.165) is 16.7 Å². The largest absolute Gasteiger partial charge is 0.341 e. The lowest BCUT2D eigenvalue weighted by atomic mass is 10.1. The van der Waals surface area contributed by atoms with Gasteiger partial charge in [-0.25, -0.2) is 4.39 Å². The van der Waals surface area contributed by atoms with E-state index in [-0.39, 0.29) is 30.6 Å². The highest BCUT2D eigenvalue weighted by Crippen LogP contribution is 2.23. The number of halogens is 1. The zero-order chi connectivity index (χ0) is 25.5. The third-order valence-electron chi connectivity index (χ3n) is 6.14. The van der Waals surface area contributed by atoms with E-state index in [1.54, 1.807) is 35.0 Å². The van der Waals surface area contributed by atoms with Crippen LogP contribution in [0.3, 0.4) is 0 Å². The number of hydrogen-bond donors (Lipinski definition) is 0. The predicted octanol–water partition coefficient (Wildman–Crippen LogP) is 6.18. The lowest BCUT2D eigenvalue weighted by molar-refractivity contribution is -0.129. The maximum atomic E-state index is 13.8. The van der Waals surface area contributed by atoms with Gasteiger partial charge in [-0.15, -0.1) is 0 Å². The van der Waals surface area contributed by atoms with Crippen molar-refractivity contribution >= 4 is 17.5 Å². The Balaban J connectivity index is 1.53. The van der Waals surface area contributed by atoms with Crippen LogP contribution in [-0.4, -0.2) is 23.8 Å². The summed E-state index contributed by atoms with van der Waals surface area (Å²) < 4.78 is 13.8. The quantitative estimate of drug-likeness (QED) is 0.302. The van der Waals surface area contributed by atoms with Crippen LogP contribution in [0.4, 0.5) is 10.1 Å². The fourth-order valence-corrected chi connectivity index (χ4v) is 4.11. The molecule has 0 heterocycles. The average Bonchev–Trinajstić information content (AvgIpc) is 2.88. The molecule has 4 aromatic carbocycles. The minimum Gasteiger partial charge on any atom is -0.341 e. The zero-order valence-corrected chi connectivity index (χ0v) is 20.5. The monoisotopic (exact) mass is 480 g/mol. The number of benzene rings is 4. The van der Waals surface area contributed by atoms with Crippen LogP contribution in [0.15, 0.2) is 103 Å². The molecule has 0 radical (unpaired) electrons. The Labute approximate surface area is 211 Å². The maximum Gasteiger partial charge on any atom is 0.258 e. The van der Waals surface area contributed by atoms with Gasteiger partial charge in [0.05, 0.1) is 13.0 Å². The Bertz CT molecular complexity index is 1340. The molecule has 0 fully saturated rings. The number of anilines is 1.